The number of para-hydroxylation sites is 1. The van der Waals surface area contributed by atoms with Gasteiger partial charge in [-0.05, 0) is 0 Å². The van der Waals surface area contributed by atoms with Gasteiger partial charge in [0.2, 0.25) is 0 Å². The first kappa shape index (κ1) is 21.6. The summed E-state index contributed by atoms with van der Waals surface area (Å²) in [6.07, 6.45) is 6.18. The molecule has 0 atom stereocenters. The summed E-state index contributed by atoms with van der Waals surface area (Å²) in [4.78, 5) is 15.3. The van der Waals surface area contributed by atoms with Gasteiger partial charge in [0.15, 0.2) is 0 Å². The number of halogens is 1. The van der Waals surface area contributed by atoms with Crippen molar-refractivity contribution in [3.8, 4) is 11.5 Å². The number of carbonyl (C=O) groups excluding carboxylic acids is 1. The minimum absolute atomic E-state index is 0.0387. The third-order valence-electron chi connectivity index (χ3n) is 6.57. The summed E-state index contributed by atoms with van der Waals surface area (Å²) in [6.45, 7) is 7.87. The summed E-state index contributed by atoms with van der Waals surface area (Å²) >= 11 is -1.54. The molecule has 1 saturated heterocycles. The van der Waals surface area contributed by atoms with E-state index in [0.29, 0.717) is 18.7 Å². The van der Waals surface area contributed by atoms with Crippen molar-refractivity contribution in [2.75, 3.05) is 20.2 Å². The molecular weight excluding hydrogens is 513 g/mol. The third-order valence-corrected chi connectivity index (χ3v) is 12.4. The van der Waals surface area contributed by atoms with Crippen LogP contribution in [-0.2, 0) is 5.41 Å². The van der Waals surface area contributed by atoms with E-state index in [9.17, 15) is 4.79 Å². The van der Waals surface area contributed by atoms with Crippen molar-refractivity contribution in [1.82, 2.24) is 4.90 Å². The molecule has 0 unspecified atom stereocenters. The molecule has 1 amide bonds. The van der Waals surface area contributed by atoms with Crippen molar-refractivity contribution in [3.05, 3.63) is 77.0 Å². The number of fused-ring (bicyclic) bond motifs is 4. The zero-order chi connectivity index (χ0) is 22.5. The minimum atomic E-state index is -1.54. The summed E-state index contributed by atoms with van der Waals surface area (Å²) in [5, 5.41) is 0. The average molecular weight is 543 g/mol. The van der Waals surface area contributed by atoms with Crippen LogP contribution < -0.4 is 9.47 Å². The predicted octanol–water partition coefficient (Wildman–Crippen LogP) is 6.15. The molecule has 0 N–H and O–H groups in total. The third kappa shape index (κ3) is 3.54. The van der Waals surface area contributed by atoms with Gasteiger partial charge in [0.25, 0.3) is 0 Å². The molecule has 2 aromatic carbocycles. The molecule has 32 heavy (non-hydrogen) atoms. The molecule has 3 aliphatic heterocycles. The van der Waals surface area contributed by atoms with Crippen molar-refractivity contribution < 1.29 is 14.3 Å². The van der Waals surface area contributed by atoms with Crippen molar-refractivity contribution in [2.45, 2.75) is 44.6 Å². The summed E-state index contributed by atoms with van der Waals surface area (Å²) in [5.41, 5.74) is 1.51. The normalized spacial score (nSPS) is 19.8. The zero-order valence-corrected chi connectivity index (χ0v) is 21.3. The number of methoxy groups -OCH3 is 1. The van der Waals surface area contributed by atoms with Gasteiger partial charge in [-0.25, -0.2) is 0 Å². The van der Waals surface area contributed by atoms with Gasteiger partial charge in [-0.15, -0.1) is 0 Å². The molecule has 3 aliphatic rings. The fourth-order valence-corrected chi connectivity index (χ4v) is 10.6. The predicted molar refractivity (Wildman–Crippen MR) is 137 cm³/mol. The van der Waals surface area contributed by atoms with Gasteiger partial charge in [0.1, 0.15) is 0 Å². The Morgan fingerprint density at radius 2 is 1.88 bits per heavy atom. The molecule has 5 heteroatoms. The number of allylic oxidation sites excluding steroid dienone is 2. The number of benzene rings is 2. The van der Waals surface area contributed by atoms with Gasteiger partial charge in [-0.3, -0.25) is 0 Å². The summed E-state index contributed by atoms with van der Waals surface area (Å²) in [6, 6.07) is 14.4. The number of rotatable bonds is 2. The van der Waals surface area contributed by atoms with E-state index in [-0.39, 0.29) is 16.9 Å². The average Bonchev–Trinajstić information content (AvgIpc) is 3.30. The number of hydrogen-bond acceptors (Lipinski definition) is 3. The Balaban J connectivity index is 1.36. The first-order chi connectivity index (χ1) is 15.3. The quantitative estimate of drug-likeness (QED) is 0.427. The van der Waals surface area contributed by atoms with Crippen LogP contribution in [0, 0.1) is 3.57 Å². The van der Waals surface area contributed by atoms with Gasteiger partial charge in [-0.2, -0.15) is 0 Å². The van der Waals surface area contributed by atoms with Crippen molar-refractivity contribution >= 4 is 25.7 Å². The molecule has 1 fully saturated rings. The maximum atomic E-state index is 13.3. The fraction of sp³-hybridized carbons (Fsp3) is 0.370. The van der Waals surface area contributed by atoms with Crippen LogP contribution in [0.4, 0.5) is 0 Å². The van der Waals surface area contributed by atoms with Crippen LogP contribution >= 0.6 is 19.8 Å². The van der Waals surface area contributed by atoms with Crippen LogP contribution in [-0.4, -0.2) is 36.6 Å². The molecule has 2 aromatic rings. The number of ether oxygens (including phenoxy) is 2. The van der Waals surface area contributed by atoms with Crippen LogP contribution in [0.25, 0.3) is 0 Å². The van der Waals surface area contributed by atoms with Crippen LogP contribution in [0.5, 0.6) is 11.5 Å². The van der Waals surface area contributed by atoms with Gasteiger partial charge in [0, 0.05) is 0 Å². The molecule has 0 radical (unpaired) electrons. The van der Waals surface area contributed by atoms with Crippen LogP contribution in [0.2, 0.25) is 0 Å². The van der Waals surface area contributed by atoms with Crippen molar-refractivity contribution in [1.29, 1.82) is 0 Å². The second-order valence-electron chi connectivity index (χ2n) is 9.63. The Hall–Kier alpha value is -2.28. The first-order valence-corrected chi connectivity index (χ1v) is 14.6. The molecule has 5 rings (SSSR count). The number of hydrogen-bond donors (Lipinski definition) is 0. The molecule has 0 bridgehead atoms. The van der Waals surface area contributed by atoms with E-state index >= 15 is 0 Å². The topological polar surface area (TPSA) is 38.8 Å². The maximum absolute atomic E-state index is 13.3. The van der Waals surface area contributed by atoms with Crippen molar-refractivity contribution in [2.24, 2.45) is 0 Å². The Labute approximate surface area is 197 Å². The van der Waals surface area contributed by atoms with E-state index in [1.807, 2.05) is 23.1 Å². The second-order valence-corrected chi connectivity index (χ2v) is 14.5. The van der Waals surface area contributed by atoms with Crippen LogP contribution in [0.1, 0.15) is 49.5 Å². The molecule has 0 aromatic heterocycles. The van der Waals surface area contributed by atoms with Gasteiger partial charge in [-0.1, -0.05) is 0 Å². The monoisotopic (exact) mass is 543 g/mol. The molecule has 0 aliphatic carbocycles. The molecule has 1 spiro atoms. The number of piperidine rings is 1. The standard InChI is InChI=1S/C27H30INO3/c1-26(2,3)20-12-11-19(18-23(20)31-4)25(30)29-16-13-27(14-17-29)24-10-7-15-28(24)21-8-5-6-9-22(21)32-27/h5-12,15,18H,13-14,16-17H2,1-4H3. The van der Waals surface area contributed by atoms with Gasteiger partial charge < -0.3 is 0 Å². The summed E-state index contributed by atoms with van der Waals surface area (Å²) in [7, 11) is 1.67. The van der Waals surface area contributed by atoms with E-state index < -0.39 is 19.8 Å². The van der Waals surface area contributed by atoms with E-state index in [2.05, 4.69) is 61.3 Å². The Morgan fingerprint density at radius 1 is 1.12 bits per heavy atom. The first-order valence-electron chi connectivity index (χ1n) is 11.2. The van der Waals surface area contributed by atoms with Gasteiger partial charge >= 0.3 is 198 Å². The molecule has 3 heterocycles. The number of nitrogens with zero attached hydrogens (tertiary/aromatic N) is 1. The Bertz CT molecular complexity index is 1120. The second kappa shape index (κ2) is 7.94. The van der Waals surface area contributed by atoms with Crippen LogP contribution in [0.15, 0.2) is 62.3 Å². The zero-order valence-electron chi connectivity index (χ0n) is 19.2. The Kier molecular flexibility index (Phi) is 5.35. The summed E-state index contributed by atoms with van der Waals surface area (Å²) < 4.78 is 17.6. The van der Waals surface area contributed by atoms with Crippen molar-refractivity contribution in [3.63, 3.8) is 0 Å². The number of likely N-dealkylation sites (tertiary alicyclic amines) is 1. The van der Waals surface area contributed by atoms with E-state index in [4.69, 9.17) is 9.47 Å². The number of carbonyl (C=O) groups is 1. The van der Waals surface area contributed by atoms with E-state index in [1.54, 1.807) is 7.11 Å². The fourth-order valence-electron chi connectivity index (χ4n) is 4.84. The van der Waals surface area contributed by atoms with Gasteiger partial charge in [0.05, 0.1) is 0 Å². The Morgan fingerprint density at radius 3 is 2.59 bits per heavy atom. The molecule has 168 valence electrons. The molecule has 4 nitrogen and oxygen atoms in total. The van der Waals surface area contributed by atoms with E-state index in [0.717, 1.165) is 29.9 Å². The van der Waals surface area contributed by atoms with Crippen LogP contribution in [0.3, 0.4) is 0 Å². The SMILES string of the molecule is COc1cc(C(=O)N2CCC3(CC2)Oc2ccccc2I2C=CC=C23)ccc1C(C)(C)C. The molecule has 0 saturated carbocycles. The number of amides is 1. The van der Waals surface area contributed by atoms with E-state index in [1.165, 1.54) is 7.15 Å². The molecular formula is C27H30INO3. The summed E-state index contributed by atoms with van der Waals surface area (Å²) in [5.74, 6) is 1.90.